The van der Waals surface area contributed by atoms with Gasteiger partial charge in [0, 0.05) is 43.3 Å². The number of hydrogen-bond acceptors (Lipinski definition) is 4. The molecule has 0 amide bonds. The van der Waals surface area contributed by atoms with Gasteiger partial charge in [0.25, 0.3) is 0 Å². The SMILES string of the molecule is Clc1cccc2c(-c3nc4ccc(N5CCN(C6CCCCC6)CC5)cc4[nH]3)[nH]nc12. The summed E-state index contributed by atoms with van der Waals surface area (Å²) in [4.78, 5) is 13.5. The van der Waals surface area contributed by atoms with Crippen LogP contribution in [0.15, 0.2) is 36.4 Å². The average molecular weight is 435 g/mol. The van der Waals surface area contributed by atoms with Crippen LogP contribution in [0.1, 0.15) is 32.1 Å². The van der Waals surface area contributed by atoms with Crippen LogP contribution in [0.2, 0.25) is 5.02 Å². The summed E-state index contributed by atoms with van der Waals surface area (Å²) >= 11 is 6.28. The number of H-pyrrole nitrogens is 2. The molecule has 4 aromatic rings. The first-order chi connectivity index (χ1) is 15.3. The normalized spacial score (nSPS) is 18.9. The topological polar surface area (TPSA) is 63.8 Å². The molecule has 31 heavy (non-hydrogen) atoms. The summed E-state index contributed by atoms with van der Waals surface area (Å²) in [6.07, 6.45) is 7.00. The van der Waals surface area contributed by atoms with Crippen LogP contribution in [0.4, 0.5) is 5.69 Å². The Morgan fingerprint density at radius 1 is 0.968 bits per heavy atom. The van der Waals surface area contributed by atoms with Gasteiger partial charge in [0.15, 0.2) is 5.82 Å². The smallest absolute Gasteiger partial charge is 0.157 e. The van der Waals surface area contributed by atoms with Crippen molar-refractivity contribution >= 4 is 39.2 Å². The molecule has 0 atom stereocenters. The third kappa shape index (κ3) is 3.48. The summed E-state index contributed by atoms with van der Waals surface area (Å²) in [6.45, 7) is 4.51. The standard InChI is InChI=1S/C24H27ClN6/c25-19-8-4-7-18-22(19)28-29-23(18)24-26-20-10-9-17(15-21(20)27-24)31-13-11-30(12-14-31)16-5-2-1-3-6-16/h4,7-10,15-16H,1-3,5-6,11-14H2,(H,26,27)(H,28,29). The molecule has 1 saturated heterocycles. The number of nitrogens with one attached hydrogen (secondary N) is 2. The van der Waals surface area contributed by atoms with Crippen LogP contribution in [-0.4, -0.2) is 57.3 Å². The van der Waals surface area contributed by atoms with Crippen LogP contribution in [-0.2, 0) is 0 Å². The highest BCUT2D eigenvalue weighted by Gasteiger charge is 2.25. The van der Waals surface area contributed by atoms with E-state index in [1.807, 2.05) is 18.2 Å². The maximum absolute atomic E-state index is 6.28. The van der Waals surface area contributed by atoms with Crippen LogP contribution in [0.5, 0.6) is 0 Å². The zero-order chi connectivity index (χ0) is 20.8. The fourth-order valence-corrected chi connectivity index (χ4v) is 5.50. The predicted octanol–water partition coefficient (Wildman–Crippen LogP) is 5.21. The molecule has 0 bridgehead atoms. The molecular formula is C24H27ClN6. The van der Waals surface area contributed by atoms with E-state index in [9.17, 15) is 0 Å². The Bertz CT molecular complexity index is 1210. The van der Waals surface area contributed by atoms with Gasteiger partial charge in [0.1, 0.15) is 11.2 Å². The molecule has 2 N–H and O–H groups in total. The molecule has 2 fully saturated rings. The number of imidazole rings is 1. The van der Waals surface area contributed by atoms with Crippen molar-refractivity contribution in [3.05, 3.63) is 41.4 Å². The Labute approximate surface area is 186 Å². The summed E-state index contributed by atoms with van der Waals surface area (Å²) in [5.74, 6) is 0.791. The molecule has 1 saturated carbocycles. The van der Waals surface area contributed by atoms with Gasteiger partial charge in [-0.25, -0.2) is 4.98 Å². The number of piperazine rings is 1. The Morgan fingerprint density at radius 3 is 2.65 bits per heavy atom. The molecule has 7 heteroatoms. The van der Waals surface area contributed by atoms with Crippen molar-refractivity contribution in [3.8, 4) is 11.5 Å². The Balaban J connectivity index is 1.23. The predicted molar refractivity (Wildman–Crippen MR) is 127 cm³/mol. The maximum Gasteiger partial charge on any atom is 0.157 e. The molecule has 6 nitrogen and oxygen atoms in total. The quantitative estimate of drug-likeness (QED) is 0.464. The lowest BCUT2D eigenvalue weighted by atomic mass is 9.94. The van der Waals surface area contributed by atoms with Gasteiger partial charge >= 0.3 is 0 Å². The highest BCUT2D eigenvalue weighted by molar-refractivity contribution is 6.35. The van der Waals surface area contributed by atoms with Crippen molar-refractivity contribution in [2.45, 2.75) is 38.1 Å². The minimum Gasteiger partial charge on any atom is -0.369 e. The summed E-state index contributed by atoms with van der Waals surface area (Å²) in [5.41, 5.74) is 4.92. The number of aromatic amines is 2. The number of hydrogen-bond donors (Lipinski definition) is 2. The summed E-state index contributed by atoms with van der Waals surface area (Å²) in [6, 6.07) is 13.2. The molecule has 6 rings (SSSR count). The molecule has 3 heterocycles. The lowest BCUT2D eigenvalue weighted by molar-refractivity contribution is 0.148. The van der Waals surface area contributed by atoms with Gasteiger partial charge in [0.05, 0.1) is 16.1 Å². The minimum absolute atomic E-state index is 0.644. The molecule has 1 aliphatic carbocycles. The number of benzene rings is 2. The minimum atomic E-state index is 0.644. The summed E-state index contributed by atoms with van der Waals surface area (Å²) in [7, 11) is 0. The summed E-state index contributed by atoms with van der Waals surface area (Å²) < 4.78 is 0. The monoisotopic (exact) mass is 434 g/mol. The van der Waals surface area contributed by atoms with E-state index >= 15 is 0 Å². The van der Waals surface area contributed by atoms with Crippen molar-refractivity contribution in [1.82, 2.24) is 25.1 Å². The molecule has 2 aliphatic rings. The molecule has 1 aliphatic heterocycles. The van der Waals surface area contributed by atoms with Gasteiger partial charge in [-0.15, -0.1) is 0 Å². The fraction of sp³-hybridized carbons (Fsp3) is 0.417. The first kappa shape index (κ1) is 19.1. The number of aromatic nitrogens is 4. The maximum atomic E-state index is 6.28. The second kappa shape index (κ2) is 7.84. The van der Waals surface area contributed by atoms with Crippen LogP contribution in [0, 0.1) is 0 Å². The van der Waals surface area contributed by atoms with Crippen molar-refractivity contribution in [1.29, 1.82) is 0 Å². The van der Waals surface area contributed by atoms with Crippen LogP contribution in [0.25, 0.3) is 33.5 Å². The Hall–Kier alpha value is -2.57. The molecular weight excluding hydrogens is 408 g/mol. The third-order valence-electron chi connectivity index (χ3n) is 7.01. The first-order valence-corrected chi connectivity index (χ1v) is 11.8. The second-order valence-electron chi connectivity index (χ2n) is 8.84. The second-order valence-corrected chi connectivity index (χ2v) is 9.24. The van der Waals surface area contributed by atoms with Gasteiger partial charge < -0.3 is 9.88 Å². The summed E-state index contributed by atoms with van der Waals surface area (Å²) in [5, 5.41) is 9.09. The highest BCUT2D eigenvalue weighted by Crippen LogP contribution is 2.31. The Kier molecular flexibility index (Phi) is 4.84. The number of para-hydroxylation sites is 1. The van der Waals surface area contributed by atoms with Crippen molar-refractivity contribution < 1.29 is 0 Å². The highest BCUT2D eigenvalue weighted by atomic mass is 35.5. The van der Waals surface area contributed by atoms with Gasteiger partial charge in [-0.1, -0.05) is 43.0 Å². The van der Waals surface area contributed by atoms with E-state index in [1.165, 1.54) is 37.8 Å². The van der Waals surface area contributed by atoms with Gasteiger partial charge in [0.2, 0.25) is 0 Å². The van der Waals surface area contributed by atoms with Crippen molar-refractivity contribution in [2.75, 3.05) is 31.1 Å². The van der Waals surface area contributed by atoms with Crippen molar-refractivity contribution in [3.63, 3.8) is 0 Å². The van der Waals surface area contributed by atoms with E-state index in [0.29, 0.717) is 5.02 Å². The van der Waals surface area contributed by atoms with E-state index in [2.05, 4.69) is 43.2 Å². The van der Waals surface area contributed by atoms with E-state index in [4.69, 9.17) is 16.6 Å². The van der Waals surface area contributed by atoms with E-state index in [0.717, 1.165) is 65.7 Å². The third-order valence-corrected chi connectivity index (χ3v) is 7.31. The molecule has 2 aromatic heterocycles. The largest absolute Gasteiger partial charge is 0.369 e. The zero-order valence-electron chi connectivity index (χ0n) is 17.6. The lowest BCUT2D eigenvalue weighted by Crippen LogP contribution is -2.50. The lowest BCUT2D eigenvalue weighted by Gasteiger charge is -2.41. The molecule has 0 radical (unpaired) electrons. The first-order valence-electron chi connectivity index (χ1n) is 11.4. The van der Waals surface area contributed by atoms with E-state index < -0.39 is 0 Å². The number of anilines is 1. The zero-order valence-corrected chi connectivity index (χ0v) is 18.3. The molecule has 2 aromatic carbocycles. The number of nitrogens with zero attached hydrogens (tertiary/aromatic N) is 4. The van der Waals surface area contributed by atoms with E-state index in [1.54, 1.807) is 0 Å². The number of fused-ring (bicyclic) bond motifs is 2. The van der Waals surface area contributed by atoms with Crippen LogP contribution >= 0.6 is 11.6 Å². The molecule has 160 valence electrons. The number of rotatable bonds is 3. The Morgan fingerprint density at radius 2 is 1.81 bits per heavy atom. The van der Waals surface area contributed by atoms with Crippen molar-refractivity contribution in [2.24, 2.45) is 0 Å². The van der Waals surface area contributed by atoms with Crippen LogP contribution < -0.4 is 4.90 Å². The van der Waals surface area contributed by atoms with Gasteiger partial charge in [-0.3, -0.25) is 10.00 Å². The molecule has 0 spiro atoms. The van der Waals surface area contributed by atoms with Gasteiger partial charge in [-0.05, 0) is 37.1 Å². The average Bonchev–Trinajstić information content (AvgIpc) is 3.44. The molecule has 0 unspecified atom stereocenters. The fourth-order valence-electron chi connectivity index (χ4n) is 5.29. The number of halogens is 1. The van der Waals surface area contributed by atoms with Crippen LogP contribution in [0.3, 0.4) is 0 Å². The van der Waals surface area contributed by atoms with E-state index in [-0.39, 0.29) is 0 Å². The van der Waals surface area contributed by atoms with Gasteiger partial charge in [-0.2, -0.15) is 5.10 Å².